The minimum Gasteiger partial charge on any atom is -0.481 e. The van der Waals surface area contributed by atoms with Crippen LogP contribution in [0.1, 0.15) is 18.4 Å². The maximum atomic E-state index is 10.7. The number of hydrogen-bond acceptors (Lipinski definition) is 3. The lowest BCUT2D eigenvalue weighted by Crippen LogP contribution is -2.33. The van der Waals surface area contributed by atoms with E-state index in [0.29, 0.717) is 26.2 Å². The zero-order valence-corrected chi connectivity index (χ0v) is 10.2. The third-order valence-corrected chi connectivity index (χ3v) is 3.13. The van der Waals surface area contributed by atoms with Gasteiger partial charge < -0.3 is 14.6 Å². The molecule has 4 heteroatoms. The van der Waals surface area contributed by atoms with Gasteiger partial charge in [-0.3, -0.25) is 4.79 Å². The van der Waals surface area contributed by atoms with E-state index in [0.717, 1.165) is 12.0 Å². The highest BCUT2D eigenvalue weighted by Gasteiger charge is 2.26. The third-order valence-electron chi connectivity index (χ3n) is 3.13. The van der Waals surface area contributed by atoms with Crippen LogP contribution < -0.4 is 0 Å². The molecule has 1 aromatic carbocycles. The summed E-state index contributed by atoms with van der Waals surface area (Å²) in [7, 11) is 0. The maximum absolute atomic E-state index is 10.7. The van der Waals surface area contributed by atoms with E-state index in [4.69, 9.17) is 14.6 Å². The molecule has 2 rings (SSSR count). The van der Waals surface area contributed by atoms with Gasteiger partial charge in [-0.25, -0.2) is 0 Å². The quantitative estimate of drug-likeness (QED) is 0.869. The Labute approximate surface area is 107 Å². The molecule has 1 aliphatic heterocycles. The molecule has 1 aromatic rings. The molecule has 0 amide bonds. The van der Waals surface area contributed by atoms with E-state index < -0.39 is 5.97 Å². The lowest BCUT2D eigenvalue weighted by Gasteiger charge is -2.26. The minimum absolute atomic E-state index is 0.0318. The highest BCUT2D eigenvalue weighted by Crippen LogP contribution is 2.19. The Morgan fingerprint density at radius 3 is 2.72 bits per heavy atom. The molecule has 0 bridgehead atoms. The van der Waals surface area contributed by atoms with Gasteiger partial charge >= 0.3 is 5.97 Å². The summed E-state index contributed by atoms with van der Waals surface area (Å²) in [5.74, 6) is -1.12. The first-order valence-corrected chi connectivity index (χ1v) is 6.22. The van der Waals surface area contributed by atoms with Crippen LogP contribution in [0.25, 0.3) is 0 Å². The van der Waals surface area contributed by atoms with Crippen molar-refractivity contribution < 1.29 is 19.4 Å². The second kappa shape index (κ2) is 6.52. The van der Waals surface area contributed by atoms with Crippen molar-refractivity contribution in [2.24, 2.45) is 5.92 Å². The fourth-order valence-electron chi connectivity index (χ4n) is 2.01. The van der Waals surface area contributed by atoms with Crippen molar-refractivity contribution in [2.45, 2.75) is 25.6 Å². The van der Waals surface area contributed by atoms with Crippen LogP contribution in [-0.2, 0) is 20.9 Å². The lowest BCUT2D eigenvalue weighted by molar-refractivity contribution is -0.150. The fraction of sp³-hybridized carbons (Fsp3) is 0.500. The first-order chi connectivity index (χ1) is 8.75. The fourth-order valence-corrected chi connectivity index (χ4v) is 2.01. The largest absolute Gasteiger partial charge is 0.481 e. The van der Waals surface area contributed by atoms with Crippen molar-refractivity contribution in [2.75, 3.05) is 13.2 Å². The van der Waals surface area contributed by atoms with E-state index in [1.165, 1.54) is 0 Å². The van der Waals surface area contributed by atoms with Gasteiger partial charge in [-0.15, -0.1) is 0 Å². The molecule has 0 saturated carbocycles. The van der Waals surface area contributed by atoms with E-state index in [2.05, 4.69) is 0 Å². The SMILES string of the molecule is O=C(O)C1CCC(COCc2ccccc2)OC1. The molecule has 0 radical (unpaired) electrons. The lowest BCUT2D eigenvalue weighted by atomic mass is 9.99. The third kappa shape index (κ3) is 3.82. The second-order valence-electron chi connectivity index (χ2n) is 4.57. The van der Waals surface area contributed by atoms with Gasteiger partial charge in [0.15, 0.2) is 0 Å². The van der Waals surface area contributed by atoms with Gasteiger partial charge in [0, 0.05) is 0 Å². The number of benzene rings is 1. The molecule has 4 nitrogen and oxygen atoms in total. The summed E-state index contributed by atoms with van der Waals surface area (Å²) in [6, 6.07) is 9.96. The van der Waals surface area contributed by atoms with Crippen molar-refractivity contribution in [3.8, 4) is 0 Å². The van der Waals surface area contributed by atoms with E-state index >= 15 is 0 Å². The average molecular weight is 250 g/mol. The molecule has 0 aliphatic carbocycles. The molecule has 1 N–H and O–H groups in total. The van der Waals surface area contributed by atoms with Gasteiger partial charge in [0.1, 0.15) is 0 Å². The Morgan fingerprint density at radius 1 is 1.33 bits per heavy atom. The molecule has 0 aromatic heterocycles. The standard InChI is InChI=1S/C14H18O4/c15-14(16)12-6-7-13(18-9-12)10-17-8-11-4-2-1-3-5-11/h1-5,12-13H,6-10H2,(H,15,16). The first kappa shape index (κ1) is 13.1. The van der Waals surface area contributed by atoms with Crippen LogP contribution in [0.15, 0.2) is 30.3 Å². The van der Waals surface area contributed by atoms with Gasteiger partial charge in [-0.05, 0) is 18.4 Å². The van der Waals surface area contributed by atoms with E-state index in [1.807, 2.05) is 30.3 Å². The summed E-state index contributed by atoms with van der Waals surface area (Å²) >= 11 is 0. The molecule has 1 heterocycles. The summed E-state index contributed by atoms with van der Waals surface area (Å²) in [5.41, 5.74) is 1.14. The Bertz CT molecular complexity index is 369. The van der Waals surface area contributed by atoms with Crippen molar-refractivity contribution >= 4 is 5.97 Å². The predicted octanol–water partition coefficient (Wildman–Crippen LogP) is 2.08. The van der Waals surface area contributed by atoms with Crippen LogP contribution in [0, 0.1) is 5.92 Å². The Kier molecular flexibility index (Phi) is 4.73. The van der Waals surface area contributed by atoms with Crippen molar-refractivity contribution in [3.63, 3.8) is 0 Å². The van der Waals surface area contributed by atoms with Gasteiger partial charge in [-0.2, -0.15) is 0 Å². The van der Waals surface area contributed by atoms with Crippen LogP contribution in [0.2, 0.25) is 0 Å². The van der Waals surface area contributed by atoms with Crippen molar-refractivity contribution in [3.05, 3.63) is 35.9 Å². The molecule has 0 spiro atoms. The molecule has 1 fully saturated rings. The zero-order chi connectivity index (χ0) is 12.8. The summed E-state index contributed by atoms with van der Waals surface area (Å²) in [6.45, 7) is 1.40. The highest BCUT2D eigenvalue weighted by molar-refractivity contribution is 5.70. The number of hydrogen-bond donors (Lipinski definition) is 1. The highest BCUT2D eigenvalue weighted by atomic mass is 16.5. The Hall–Kier alpha value is -1.39. The maximum Gasteiger partial charge on any atom is 0.308 e. The smallest absolute Gasteiger partial charge is 0.308 e. The monoisotopic (exact) mass is 250 g/mol. The van der Waals surface area contributed by atoms with E-state index in [9.17, 15) is 4.79 Å². The van der Waals surface area contributed by atoms with Crippen LogP contribution in [0.3, 0.4) is 0 Å². The molecular weight excluding hydrogens is 232 g/mol. The first-order valence-electron chi connectivity index (χ1n) is 6.22. The van der Waals surface area contributed by atoms with Crippen LogP contribution in [0.5, 0.6) is 0 Å². The number of ether oxygens (including phenoxy) is 2. The molecule has 2 unspecified atom stereocenters. The number of rotatable bonds is 5. The molecule has 1 saturated heterocycles. The molecule has 98 valence electrons. The summed E-state index contributed by atoms with van der Waals surface area (Å²) in [6.07, 6.45) is 1.46. The van der Waals surface area contributed by atoms with Crippen LogP contribution in [-0.4, -0.2) is 30.4 Å². The minimum atomic E-state index is -0.765. The van der Waals surface area contributed by atoms with Crippen molar-refractivity contribution in [1.82, 2.24) is 0 Å². The van der Waals surface area contributed by atoms with Gasteiger partial charge in [0.2, 0.25) is 0 Å². The molecule has 2 atom stereocenters. The van der Waals surface area contributed by atoms with Crippen LogP contribution >= 0.6 is 0 Å². The van der Waals surface area contributed by atoms with E-state index in [1.54, 1.807) is 0 Å². The zero-order valence-electron chi connectivity index (χ0n) is 10.2. The normalized spacial score (nSPS) is 23.8. The Morgan fingerprint density at radius 2 is 2.11 bits per heavy atom. The number of carbonyl (C=O) groups is 1. The average Bonchev–Trinajstić information content (AvgIpc) is 2.40. The summed E-state index contributed by atoms with van der Waals surface area (Å²) in [5, 5.41) is 8.84. The molecule has 18 heavy (non-hydrogen) atoms. The molecular formula is C14H18O4. The second-order valence-corrected chi connectivity index (χ2v) is 4.57. The van der Waals surface area contributed by atoms with Gasteiger partial charge in [0.25, 0.3) is 0 Å². The number of carboxylic acids is 1. The number of carboxylic acid groups (broad SMARTS) is 1. The topological polar surface area (TPSA) is 55.8 Å². The summed E-state index contributed by atoms with van der Waals surface area (Å²) in [4.78, 5) is 10.7. The predicted molar refractivity (Wildman–Crippen MR) is 66.2 cm³/mol. The number of aliphatic carboxylic acids is 1. The van der Waals surface area contributed by atoms with Crippen LogP contribution in [0.4, 0.5) is 0 Å². The summed E-state index contributed by atoms with van der Waals surface area (Å²) < 4.78 is 11.1. The van der Waals surface area contributed by atoms with Gasteiger partial charge in [-0.1, -0.05) is 30.3 Å². The van der Waals surface area contributed by atoms with Gasteiger partial charge in [0.05, 0.1) is 31.8 Å². The Balaban J connectivity index is 1.65. The molecule has 1 aliphatic rings. The van der Waals surface area contributed by atoms with Crippen molar-refractivity contribution in [1.29, 1.82) is 0 Å². The van der Waals surface area contributed by atoms with E-state index in [-0.39, 0.29) is 12.0 Å².